The Morgan fingerprint density at radius 2 is 2.33 bits per heavy atom. The van der Waals surface area contributed by atoms with Crippen molar-refractivity contribution in [2.75, 3.05) is 6.54 Å². The van der Waals surface area contributed by atoms with Crippen molar-refractivity contribution < 1.29 is 14.3 Å². The number of para-hydroxylation sites is 1. The van der Waals surface area contributed by atoms with E-state index in [4.69, 9.17) is 0 Å². The van der Waals surface area contributed by atoms with E-state index < -0.39 is 12.0 Å². The molecule has 1 saturated heterocycles. The lowest BCUT2D eigenvalue weighted by Gasteiger charge is -2.20. The van der Waals surface area contributed by atoms with Crippen molar-refractivity contribution >= 4 is 17.0 Å². The number of hydrogen-bond donors (Lipinski definition) is 1. The van der Waals surface area contributed by atoms with Gasteiger partial charge in [0.05, 0.1) is 12.1 Å². The molecule has 1 fully saturated rings. The Balaban J connectivity index is 1.97. The lowest BCUT2D eigenvalue weighted by molar-refractivity contribution is -0.142. The quantitative estimate of drug-likeness (QED) is 0.938. The van der Waals surface area contributed by atoms with Crippen LogP contribution in [-0.2, 0) is 17.9 Å². The summed E-state index contributed by atoms with van der Waals surface area (Å²) in [4.78, 5) is 17.6. The van der Waals surface area contributed by atoms with E-state index in [1.165, 1.54) is 6.07 Å². The van der Waals surface area contributed by atoms with E-state index in [1.54, 1.807) is 6.07 Å². The zero-order valence-electron chi connectivity index (χ0n) is 11.9. The van der Waals surface area contributed by atoms with Gasteiger partial charge in [0.2, 0.25) is 0 Å². The average Bonchev–Trinajstić information content (AvgIpc) is 3.04. The van der Waals surface area contributed by atoms with Crippen molar-refractivity contribution in [2.24, 2.45) is 0 Å². The maximum atomic E-state index is 13.9. The maximum Gasteiger partial charge on any atom is 0.320 e. The van der Waals surface area contributed by atoms with Gasteiger partial charge in [0.25, 0.3) is 0 Å². The highest BCUT2D eigenvalue weighted by Crippen LogP contribution is 2.24. The van der Waals surface area contributed by atoms with Gasteiger partial charge in [-0.2, -0.15) is 0 Å². The Morgan fingerprint density at radius 3 is 3.05 bits per heavy atom. The third-order valence-corrected chi connectivity index (χ3v) is 4.12. The molecule has 1 aromatic heterocycles. The summed E-state index contributed by atoms with van der Waals surface area (Å²) < 4.78 is 15.8. The van der Waals surface area contributed by atoms with Gasteiger partial charge in [0, 0.05) is 6.54 Å². The molecule has 1 N–H and O–H groups in total. The Morgan fingerprint density at radius 1 is 1.52 bits per heavy atom. The molecular weight excluding hydrogens is 273 g/mol. The van der Waals surface area contributed by atoms with Gasteiger partial charge in [-0.1, -0.05) is 6.07 Å². The maximum absolute atomic E-state index is 13.9. The molecule has 112 valence electrons. The first-order valence-electron chi connectivity index (χ1n) is 7.22. The van der Waals surface area contributed by atoms with E-state index in [-0.39, 0.29) is 5.82 Å². The van der Waals surface area contributed by atoms with E-state index in [9.17, 15) is 14.3 Å². The monoisotopic (exact) mass is 291 g/mol. The minimum Gasteiger partial charge on any atom is -0.480 e. The topological polar surface area (TPSA) is 58.4 Å². The number of aryl methyl sites for hydroxylation is 1. The number of carboxylic acid groups (broad SMARTS) is 1. The van der Waals surface area contributed by atoms with Crippen LogP contribution in [0.3, 0.4) is 0 Å². The van der Waals surface area contributed by atoms with Gasteiger partial charge in [-0.05, 0) is 38.4 Å². The van der Waals surface area contributed by atoms with Gasteiger partial charge in [-0.3, -0.25) is 9.69 Å². The van der Waals surface area contributed by atoms with Crippen LogP contribution in [0.2, 0.25) is 0 Å². The lowest BCUT2D eigenvalue weighted by atomic mass is 10.2. The van der Waals surface area contributed by atoms with Crippen molar-refractivity contribution in [1.29, 1.82) is 0 Å². The number of rotatable bonds is 4. The SMILES string of the molecule is CCn1c(CN2CCC[C@@H]2C(=O)O)nc2c(F)cccc21. The molecule has 1 aliphatic rings. The number of carbonyl (C=O) groups is 1. The first-order valence-corrected chi connectivity index (χ1v) is 7.22. The predicted octanol–water partition coefficient (Wildman–Crippen LogP) is 2.24. The Bertz CT molecular complexity index is 683. The van der Waals surface area contributed by atoms with E-state index in [2.05, 4.69) is 4.98 Å². The fraction of sp³-hybridized carbons (Fsp3) is 0.467. The summed E-state index contributed by atoms with van der Waals surface area (Å²) >= 11 is 0. The number of aromatic nitrogens is 2. The largest absolute Gasteiger partial charge is 0.480 e. The van der Waals surface area contributed by atoms with E-state index >= 15 is 0 Å². The number of carboxylic acids is 1. The van der Waals surface area contributed by atoms with E-state index in [1.807, 2.05) is 22.5 Å². The number of benzene rings is 1. The van der Waals surface area contributed by atoms with Crippen LogP contribution in [0.25, 0.3) is 11.0 Å². The van der Waals surface area contributed by atoms with Gasteiger partial charge in [0.1, 0.15) is 17.4 Å². The second kappa shape index (κ2) is 5.44. The molecule has 0 spiro atoms. The van der Waals surface area contributed by atoms with E-state index in [0.717, 1.165) is 24.3 Å². The lowest BCUT2D eigenvalue weighted by Crippen LogP contribution is -2.36. The minimum absolute atomic E-state index is 0.336. The standard InChI is InChI=1S/C15H18FN3O2/c1-2-19-11-6-3-5-10(16)14(11)17-13(19)9-18-8-4-7-12(18)15(20)21/h3,5-6,12H,2,4,7-9H2,1H3,(H,20,21)/t12-/m1/s1. The highest BCUT2D eigenvalue weighted by molar-refractivity contribution is 5.77. The molecule has 6 heteroatoms. The molecule has 0 unspecified atom stereocenters. The van der Waals surface area contributed by atoms with Crippen molar-refractivity contribution in [1.82, 2.24) is 14.5 Å². The van der Waals surface area contributed by atoms with Crippen LogP contribution in [0.1, 0.15) is 25.6 Å². The van der Waals surface area contributed by atoms with Crippen molar-refractivity contribution in [2.45, 2.75) is 38.9 Å². The molecule has 5 nitrogen and oxygen atoms in total. The summed E-state index contributed by atoms with van der Waals surface area (Å²) in [6.45, 7) is 3.85. The summed E-state index contributed by atoms with van der Waals surface area (Å²) in [6, 6.07) is 4.46. The molecular formula is C15H18FN3O2. The van der Waals surface area contributed by atoms with Gasteiger partial charge in [-0.25, -0.2) is 9.37 Å². The smallest absolute Gasteiger partial charge is 0.320 e. The van der Waals surface area contributed by atoms with Crippen molar-refractivity contribution in [3.8, 4) is 0 Å². The second-order valence-corrected chi connectivity index (χ2v) is 5.35. The van der Waals surface area contributed by atoms with Crippen LogP contribution in [0.4, 0.5) is 4.39 Å². The fourth-order valence-electron chi connectivity index (χ4n) is 3.11. The molecule has 21 heavy (non-hydrogen) atoms. The van der Waals surface area contributed by atoms with Gasteiger partial charge >= 0.3 is 5.97 Å². The average molecular weight is 291 g/mol. The predicted molar refractivity (Wildman–Crippen MR) is 76.4 cm³/mol. The third kappa shape index (κ3) is 2.40. The Kier molecular flexibility index (Phi) is 3.63. The van der Waals surface area contributed by atoms with Crippen LogP contribution in [0.5, 0.6) is 0 Å². The van der Waals surface area contributed by atoms with Crippen LogP contribution >= 0.6 is 0 Å². The summed E-state index contributed by atoms with van der Waals surface area (Å²) in [5.74, 6) is -0.402. The zero-order valence-corrected chi connectivity index (χ0v) is 11.9. The number of halogens is 1. The minimum atomic E-state index is -0.794. The Hall–Kier alpha value is -1.95. The number of nitrogens with zero attached hydrogens (tertiary/aromatic N) is 3. The van der Waals surface area contributed by atoms with Crippen LogP contribution in [-0.4, -0.2) is 38.1 Å². The molecule has 0 radical (unpaired) electrons. The second-order valence-electron chi connectivity index (χ2n) is 5.35. The zero-order chi connectivity index (χ0) is 15.0. The molecule has 1 aliphatic heterocycles. The Labute approximate surface area is 122 Å². The highest BCUT2D eigenvalue weighted by Gasteiger charge is 2.31. The summed E-state index contributed by atoms with van der Waals surface area (Å²) in [5.41, 5.74) is 1.12. The molecule has 0 saturated carbocycles. The summed E-state index contributed by atoms with van der Waals surface area (Å²) in [5, 5.41) is 9.24. The van der Waals surface area contributed by atoms with Gasteiger partial charge in [-0.15, -0.1) is 0 Å². The summed E-state index contributed by atoms with van der Waals surface area (Å²) in [7, 11) is 0. The van der Waals surface area contributed by atoms with E-state index in [0.29, 0.717) is 25.0 Å². The molecule has 2 aromatic rings. The molecule has 1 aromatic carbocycles. The van der Waals surface area contributed by atoms with Crippen molar-refractivity contribution in [3.63, 3.8) is 0 Å². The number of imidazole rings is 1. The number of hydrogen-bond acceptors (Lipinski definition) is 3. The van der Waals surface area contributed by atoms with Crippen LogP contribution in [0.15, 0.2) is 18.2 Å². The molecule has 0 amide bonds. The molecule has 2 heterocycles. The number of aliphatic carboxylic acids is 1. The normalized spacial score (nSPS) is 19.4. The molecule has 0 aliphatic carbocycles. The first-order chi connectivity index (χ1) is 10.1. The van der Waals surface area contributed by atoms with Crippen LogP contribution in [0, 0.1) is 5.82 Å². The number of likely N-dealkylation sites (tertiary alicyclic amines) is 1. The van der Waals surface area contributed by atoms with Crippen molar-refractivity contribution in [3.05, 3.63) is 29.8 Å². The molecule has 3 rings (SSSR count). The summed E-state index contributed by atoms with van der Waals surface area (Å²) in [6.07, 6.45) is 1.54. The van der Waals surface area contributed by atoms with Crippen LogP contribution < -0.4 is 0 Å². The van der Waals surface area contributed by atoms with Gasteiger partial charge in [0.15, 0.2) is 5.82 Å². The molecule has 1 atom stereocenters. The fourth-order valence-corrected chi connectivity index (χ4v) is 3.11. The first kappa shape index (κ1) is 14.0. The third-order valence-electron chi connectivity index (χ3n) is 4.12. The number of fused-ring (bicyclic) bond motifs is 1. The highest BCUT2D eigenvalue weighted by atomic mass is 19.1. The van der Waals surface area contributed by atoms with Gasteiger partial charge < -0.3 is 9.67 Å². The molecule has 0 bridgehead atoms.